The van der Waals surface area contributed by atoms with Crippen molar-refractivity contribution in [3.8, 4) is 0 Å². The maximum Gasteiger partial charge on any atom is 0.258 e. The Kier molecular flexibility index (Phi) is 6.77. The Labute approximate surface area is 231 Å². The number of imidazole rings is 1. The van der Waals surface area contributed by atoms with Crippen molar-refractivity contribution in [3.05, 3.63) is 90.1 Å². The molecule has 2 aromatic heterocycles. The average molecular weight is 535 g/mol. The van der Waals surface area contributed by atoms with Crippen LogP contribution in [0.2, 0.25) is 0 Å². The van der Waals surface area contributed by atoms with Gasteiger partial charge in [0.25, 0.3) is 11.8 Å². The third-order valence-corrected chi connectivity index (χ3v) is 7.47. The summed E-state index contributed by atoms with van der Waals surface area (Å²) < 4.78 is 1.98. The molecule has 3 amide bonds. The summed E-state index contributed by atoms with van der Waals surface area (Å²) in [6.45, 7) is 2.02. The van der Waals surface area contributed by atoms with Crippen LogP contribution in [0.1, 0.15) is 40.0 Å². The van der Waals surface area contributed by atoms with E-state index in [1.807, 2.05) is 70.3 Å². The van der Waals surface area contributed by atoms with E-state index >= 15 is 0 Å². The first-order valence-electron chi connectivity index (χ1n) is 13.5. The Hall–Kier alpha value is -4.92. The van der Waals surface area contributed by atoms with Gasteiger partial charge in [0.15, 0.2) is 0 Å². The highest BCUT2D eigenvalue weighted by Crippen LogP contribution is 2.27. The molecular formula is C31H30N6O3. The molecule has 6 rings (SSSR count). The highest BCUT2D eigenvalue weighted by molar-refractivity contribution is 6.07. The minimum atomic E-state index is -0.264. The molecule has 0 bridgehead atoms. The fourth-order valence-electron chi connectivity index (χ4n) is 5.26. The fourth-order valence-corrected chi connectivity index (χ4v) is 5.26. The molecule has 2 N–H and O–H groups in total. The number of nitrogens with one attached hydrogen (secondary N) is 2. The van der Waals surface area contributed by atoms with Gasteiger partial charge < -0.3 is 19.4 Å². The van der Waals surface area contributed by atoms with E-state index in [1.165, 1.54) is 0 Å². The van der Waals surface area contributed by atoms with Crippen molar-refractivity contribution in [2.75, 3.05) is 30.4 Å². The molecule has 1 aliphatic rings. The van der Waals surface area contributed by atoms with Gasteiger partial charge in [0.2, 0.25) is 11.9 Å². The molecule has 9 nitrogen and oxygen atoms in total. The summed E-state index contributed by atoms with van der Waals surface area (Å²) in [6.07, 6.45) is 4.08. The first-order chi connectivity index (χ1) is 19.5. The molecule has 0 saturated carbocycles. The van der Waals surface area contributed by atoms with Gasteiger partial charge in [-0.15, -0.1) is 0 Å². The molecule has 9 heteroatoms. The Bertz CT molecular complexity index is 1720. The van der Waals surface area contributed by atoms with Gasteiger partial charge in [0.1, 0.15) is 0 Å². The zero-order valence-electron chi connectivity index (χ0n) is 22.3. The molecule has 1 saturated heterocycles. The lowest BCUT2D eigenvalue weighted by molar-refractivity contribution is -0.127. The van der Waals surface area contributed by atoms with Crippen molar-refractivity contribution in [1.82, 2.24) is 19.4 Å². The maximum absolute atomic E-state index is 13.3. The lowest BCUT2D eigenvalue weighted by Gasteiger charge is -2.18. The zero-order chi connectivity index (χ0) is 27.6. The van der Waals surface area contributed by atoms with Crippen LogP contribution in [0.15, 0.2) is 79.0 Å². The molecule has 202 valence electrons. The molecule has 0 atom stereocenters. The third-order valence-electron chi connectivity index (χ3n) is 7.47. The number of fused-ring (bicyclic) bond motifs is 2. The van der Waals surface area contributed by atoms with Crippen molar-refractivity contribution in [3.63, 3.8) is 0 Å². The number of H-pyrrole nitrogens is 1. The van der Waals surface area contributed by atoms with Crippen LogP contribution >= 0.6 is 0 Å². The number of amides is 3. The van der Waals surface area contributed by atoms with Crippen LogP contribution in [0.5, 0.6) is 0 Å². The molecule has 0 aliphatic carbocycles. The second-order valence-corrected chi connectivity index (χ2v) is 10.1. The molecule has 40 heavy (non-hydrogen) atoms. The van der Waals surface area contributed by atoms with Crippen molar-refractivity contribution in [1.29, 1.82) is 0 Å². The predicted octanol–water partition coefficient (Wildman–Crippen LogP) is 5.06. The quantitative estimate of drug-likeness (QED) is 0.290. The van der Waals surface area contributed by atoms with E-state index in [0.717, 1.165) is 35.8 Å². The Morgan fingerprint density at radius 1 is 1.00 bits per heavy atom. The second-order valence-electron chi connectivity index (χ2n) is 10.1. The minimum absolute atomic E-state index is 0.122. The highest BCUT2D eigenvalue weighted by Gasteiger charge is 2.21. The number of hydrogen-bond acceptors (Lipinski definition) is 4. The molecule has 0 radical (unpaired) electrons. The van der Waals surface area contributed by atoms with E-state index in [-0.39, 0.29) is 17.7 Å². The van der Waals surface area contributed by atoms with Gasteiger partial charge in [0.05, 0.1) is 11.0 Å². The van der Waals surface area contributed by atoms with Gasteiger partial charge in [-0.05, 0) is 66.8 Å². The first kappa shape index (κ1) is 25.4. The van der Waals surface area contributed by atoms with Gasteiger partial charge in [-0.2, -0.15) is 0 Å². The van der Waals surface area contributed by atoms with E-state index in [9.17, 15) is 14.4 Å². The van der Waals surface area contributed by atoms with E-state index in [0.29, 0.717) is 47.8 Å². The molecule has 0 unspecified atom stereocenters. The van der Waals surface area contributed by atoms with Crippen LogP contribution < -0.4 is 10.2 Å². The first-order valence-corrected chi connectivity index (χ1v) is 13.5. The third kappa shape index (κ3) is 4.93. The number of carbonyl (C=O) groups excluding carboxylic acids is 3. The van der Waals surface area contributed by atoms with Gasteiger partial charge in [-0.3, -0.25) is 19.7 Å². The van der Waals surface area contributed by atoms with Gasteiger partial charge in [-0.25, -0.2) is 4.98 Å². The Morgan fingerprint density at radius 2 is 1.85 bits per heavy atom. The Morgan fingerprint density at radius 3 is 2.65 bits per heavy atom. The van der Waals surface area contributed by atoms with Crippen molar-refractivity contribution < 1.29 is 14.4 Å². The number of aryl methyl sites for hydroxylation is 1. The lowest BCUT2D eigenvalue weighted by atomic mass is 10.1. The largest absolute Gasteiger partial charge is 0.361 e. The predicted molar refractivity (Wildman–Crippen MR) is 156 cm³/mol. The smallest absolute Gasteiger partial charge is 0.258 e. The molecule has 3 aromatic carbocycles. The monoisotopic (exact) mass is 534 g/mol. The van der Waals surface area contributed by atoms with E-state index < -0.39 is 0 Å². The van der Waals surface area contributed by atoms with E-state index in [1.54, 1.807) is 30.1 Å². The summed E-state index contributed by atoms with van der Waals surface area (Å²) >= 11 is 0. The van der Waals surface area contributed by atoms with Crippen LogP contribution in [0.4, 0.5) is 11.6 Å². The number of likely N-dealkylation sites (tertiary alicyclic amines) is 1. The van der Waals surface area contributed by atoms with Gasteiger partial charge in [0, 0.05) is 61.6 Å². The minimum Gasteiger partial charge on any atom is -0.361 e. The SMILES string of the molecule is CN(C(=O)c1ccccc1)c1ccc2c(c1)nc(NC(=O)c1ccc3cc[nH]c3c1)n2CCCN1CCCC1=O. The van der Waals surface area contributed by atoms with Crippen LogP contribution in [-0.2, 0) is 11.3 Å². The molecule has 0 spiro atoms. The van der Waals surface area contributed by atoms with Gasteiger partial charge in [-0.1, -0.05) is 24.3 Å². The number of aromatic amines is 1. The van der Waals surface area contributed by atoms with Crippen molar-refractivity contribution in [2.45, 2.75) is 25.8 Å². The van der Waals surface area contributed by atoms with Crippen molar-refractivity contribution in [2.24, 2.45) is 0 Å². The number of aromatic nitrogens is 3. The standard InChI is InChI=1S/C31H30N6O3/c1-35(30(40)22-7-3-2-4-8-22)24-12-13-27-26(20-24)33-31(37(27)18-6-17-36-16-5-9-28(36)38)34-29(39)23-11-10-21-14-15-32-25(21)19-23/h2-4,7-8,10-15,19-20,32H,5-6,9,16-18H2,1H3,(H,33,34,39). The Balaban J connectivity index is 1.29. The summed E-state index contributed by atoms with van der Waals surface area (Å²) in [6, 6.07) is 22.3. The van der Waals surface area contributed by atoms with Crippen molar-refractivity contribution >= 4 is 51.3 Å². The molecule has 3 heterocycles. The number of hydrogen-bond donors (Lipinski definition) is 2. The van der Waals surface area contributed by atoms with Crippen LogP contribution in [0.25, 0.3) is 21.9 Å². The number of rotatable bonds is 8. The highest BCUT2D eigenvalue weighted by atomic mass is 16.2. The second kappa shape index (κ2) is 10.7. The lowest BCUT2D eigenvalue weighted by Crippen LogP contribution is -2.26. The van der Waals surface area contributed by atoms with E-state index in [4.69, 9.17) is 4.98 Å². The van der Waals surface area contributed by atoms with Crippen LogP contribution in [-0.4, -0.2) is 57.3 Å². The normalized spacial score (nSPS) is 13.3. The number of carbonyl (C=O) groups is 3. The number of anilines is 2. The molecular weight excluding hydrogens is 504 g/mol. The summed E-state index contributed by atoms with van der Waals surface area (Å²) in [5.74, 6) is 0.232. The number of benzene rings is 3. The topological polar surface area (TPSA) is 103 Å². The maximum atomic E-state index is 13.3. The summed E-state index contributed by atoms with van der Waals surface area (Å²) in [5.41, 5.74) is 4.20. The van der Waals surface area contributed by atoms with Crippen LogP contribution in [0, 0.1) is 0 Å². The summed E-state index contributed by atoms with van der Waals surface area (Å²) in [4.78, 5) is 49.8. The van der Waals surface area contributed by atoms with E-state index in [2.05, 4.69) is 10.3 Å². The summed E-state index contributed by atoms with van der Waals surface area (Å²) in [7, 11) is 1.74. The average Bonchev–Trinajstić information content (AvgIpc) is 3.70. The molecule has 1 fully saturated rings. The van der Waals surface area contributed by atoms with Gasteiger partial charge >= 0.3 is 0 Å². The fraction of sp³-hybridized carbons (Fsp3) is 0.226. The molecule has 5 aromatic rings. The zero-order valence-corrected chi connectivity index (χ0v) is 22.3. The summed E-state index contributed by atoms with van der Waals surface area (Å²) in [5, 5.41) is 4.03. The number of nitrogens with zero attached hydrogens (tertiary/aromatic N) is 4. The molecule has 1 aliphatic heterocycles. The van der Waals surface area contributed by atoms with Crippen LogP contribution in [0.3, 0.4) is 0 Å².